The average molecular weight is 381 g/mol. The molecule has 1 saturated heterocycles. The van der Waals surface area contributed by atoms with Gasteiger partial charge in [0.15, 0.2) is 0 Å². The summed E-state index contributed by atoms with van der Waals surface area (Å²) in [7, 11) is 0. The van der Waals surface area contributed by atoms with E-state index in [1.807, 2.05) is 33.8 Å². The van der Waals surface area contributed by atoms with E-state index in [4.69, 9.17) is 4.74 Å². The molecule has 2 aromatic heterocycles. The molecule has 1 fully saturated rings. The van der Waals surface area contributed by atoms with Crippen LogP contribution in [0.4, 0.5) is 4.39 Å². The minimum Gasteiger partial charge on any atom is -0.376 e. The normalized spacial score (nSPS) is 17.2. The van der Waals surface area contributed by atoms with Gasteiger partial charge in [-0.05, 0) is 55.7 Å². The van der Waals surface area contributed by atoms with Crippen LogP contribution in [0.15, 0.2) is 48.8 Å². The smallest absolute Gasteiger partial charge is 0.255 e. The van der Waals surface area contributed by atoms with Crippen molar-refractivity contribution in [2.45, 2.75) is 32.3 Å². The highest BCUT2D eigenvalue weighted by molar-refractivity contribution is 5.94. The summed E-state index contributed by atoms with van der Waals surface area (Å²) in [6, 6.07) is 9.90. The number of fused-ring (bicyclic) bond motifs is 1. The molecule has 3 heterocycles. The van der Waals surface area contributed by atoms with E-state index < -0.39 is 0 Å². The van der Waals surface area contributed by atoms with Crippen molar-refractivity contribution >= 4 is 11.6 Å². The third-order valence-corrected chi connectivity index (χ3v) is 5.06. The Morgan fingerprint density at radius 3 is 2.82 bits per heavy atom. The summed E-state index contributed by atoms with van der Waals surface area (Å²) in [5.74, 6) is -0.258. The Morgan fingerprint density at radius 2 is 2.04 bits per heavy atom. The number of halogens is 1. The molecular formula is C22H24FN3O2. The third-order valence-electron chi connectivity index (χ3n) is 5.06. The van der Waals surface area contributed by atoms with Crippen LogP contribution in [-0.2, 0) is 4.74 Å². The van der Waals surface area contributed by atoms with Crippen LogP contribution in [0.25, 0.3) is 16.9 Å². The molecule has 6 heteroatoms. The monoisotopic (exact) mass is 381 g/mol. The zero-order chi connectivity index (χ0) is 19.5. The van der Waals surface area contributed by atoms with Crippen LogP contribution in [0.5, 0.6) is 0 Å². The zero-order valence-electron chi connectivity index (χ0n) is 16.0. The fraction of sp³-hybridized carbons (Fsp3) is 0.364. The standard InChI is InChI=1S/C22H24FN3O2/c1-2-12-28-19-4-3-11-25(14-19)22(27)17-7-10-21-24-20(15-26(21)13-17)16-5-8-18(23)9-6-16/h5-10,13,15,19H,2-4,11-12,14H2,1H3/t19-/m1/s1. The molecule has 0 N–H and O–H groups in total. The molecule has 4 rings (SSSR count). The Morgan fingerprint density at radius 1 is 1.21 bits per heavy atom. The van der Waals surface area contributed by atoms with Gasteiger partial charge in [-0.3, -0.25) is 4.79 Å². The highest BCUT2D eigenvalue weighted by Gasteiger charge is 2.25. The first-order valence-electron chi connectivity index (χ1n) is 9.79. The molecule has 1 amide bonds. The van der Waals surface area contributed by atoms with E-state index in [1.54, 1.807) is 12.1 Å². The van der Waals surface area contributed by atoms with Crippen LogP contribution >= 0.6 is 0 Å². The van der Waals surface area contributed by atoms with Gasteiger partial charge in [-0.15, -0.1) is 0 Å². The number of aromatic nitrogens is 2. The lowest BCUT2D eigenvalue weighted by atomic mass is 10.1. The SMILES string of the molecule is CCCO[C@@H]1CCCN(C(=O)c2ccc3nc(-c4ccc(F)cc4)cn3c2)C1. The van der Waals surface area contributed by atoms with Gasteiger partial charge in [0, 0.05) is 37.7 Å². The fourth-order valence-corrected chi connectivity index (χ4v) is 3.60. The number of hydrogen-bond acceptors (Lipinski definition) is 3. The van der Waals surface area contributed by atoms with E-state index in [0.717, 1.165) is 49.3 Å². The number of ether oxygens (including phenoxy) is 1. The number of likely N-dealkylation sites (tertiary alicyclic amines) is 1. The Labute approximate surface area is 163 Å². The van der Waals surface area contributed by atoms with Crippen LogP contribution in [0.1, 0.15) is 36.5 Å². The van der Waals surface area contributed by atoms with Crippen LogP contribution < -0.4 is 0 Å². The number of imidazole rings is 1. The molecule has 1 aliphatic heterocycles. The van der Waals surface area contributed by atoms with Gasteiger partial charge in [0.05, 0.1) is 17.4 Å². The van der Waals surface area contributed by atoms with Gasteiger partial charge in [0.2, 0.25) is 0 Å². The lowest BCUT2D eigenvalue weighted by Crippen LogP contribution is -2.43. The number of amides is 1. The molecule has 1 atom stereocenters. The van der Waals surface area contributed by atoms with Gasteiger partial charge < -0.3 is 14.0 Å². The molecule has 0 bridgehead atoms. The Bertz CT molecular complexity index is 968. The minimum absolute atomic E-state index is 0.0173. The molecule has 0 saturated carbocycles. The van der Waals surface area contributed by atoms with E-state index in [2.05, 4.69) is 11.9 Å². The van der Waals surface area contributed by atoms with E-state index in [0.29, 0.717) is 12.1 Å². The van der Waals surface area contributed by atoms with Gasteiger partial charge in [0.25, 0.3) is 5.91 Å². The lowest BCUT2D eigenvalue weighted by Gasteiger charge is -2.32. The molecule has 3 aromatic rings. The number of carbonyl (C=O) groups is 1. The number of piperidine rings is 1. The summed E-state index contributed by atoms with van der Waals surface area (Å²) in [4.78, 5) is 19.4. The van der Waals surface area contributed by atoms with Gasteiger partial charge in [-0.2, -0.15) is 0 Å². The maximum absolute atomic E-state index is 13.1. The molecule has 1 aliphatic rings. The van der Waals surface area contributed by atoms with E-state index in [9.17, 15) is 9.18 Å². The largest absolute Gasteiger partial charge is 0.376 e. The molecule has 0 aliphatic carbocycles. The summed E-state index contributed by atoms with van der Waals surface area (Å²) in [5.41, 5.74) is 2.96. The average Bonchev–Trinajstić information content (AvgIpc) is 3.15. The number of benzene rings is 1. The number of rotatable bonds is 5. The topological polar surface area (TPSA) is 46.8 Å². The van der Waals surface area contributed by atoms with E-state index >= 15 is 0 Å². The first-order valence-corrected chi connectivity index (χ1v) is 9.79. The van der Waals surface area contributed by atoms with Gasteiger partial charge >= 0.3 is 0 Å². The Hall–Kier alpha value is -2.73. The van der Waals surface area contributed by atoms with Crippen LogP contribution in [-0.4, -0.2) is 46.0 Å². The first kappa shape index (κ1) is 18.6. The second kappa shape index (κ2) is 8.10. The maximum atomic E-state index is 13.1. The Kier molecular flexibility index (Phi) is 5.39. The summed E-state index contributed by atoms with van der Waals surface area (Å²) in [5, 5.41) is 0. The molecule has 28 heavy (non-hydrogen) atoms. The zero-order valence-corrected chi connectivity index (χ0v) is 16.0. The van der Waals surface area contributed by atoms with E-state index in [-0.39, 0.29) is 17.8 Å². The fourth-order valence-electron chi connectivity index (χ4n) is 3.60. The third kappa shape index (κ3) is 3.92. The van der Waals surface area contributed by atoms with Crippen molar-refractivity contribution < 1.29 is 13.9 Å². The van der Waals surface area contributed by atoms with Gasteiger partial charge in [-0.25, -0.2) is 9.37 Å². The summed E-state index contributed by atoms with van der Waals surface area (Å²) in [6.45, 7) is 4.22. The van der Waals surface area contributed by atoms with Crippen molar-refractivity contribution in [2.75, 3.05) is 19.7 Å². The van der Waals surface area contributed by atoms with Crippen molar-refractivity contribution in [1.29, 1.82) is 0 Å². The van der Waals surface area contributed by atoms with Crippen LogP contribution in [0.3, 0.4) is 0 Å². The molecular weight excluding hydrogens is 357 g/mol. The molecule has 0 unspecified atom stereocenters. The molecule has 0 spiro atoms. The predicted molar refractivity (Wildman–Crippen MR) is 106 cm³/mol. The Balaban J connectivity index is 1.54. The molecule has 5 nitrogen and oxygen atoms in total. The number of pyridine rings is 1. The van der Waals surface area contributed by atoms with Crippen LogP contribution in [0, 0.1) is 5.82 Å². The number of nitrogens with zero attached hydrogens (tertiary/aromatic N) is 3. The van der Waals surface area contributed by atoms with Crippen molar-refractivity contribution in [3.8, 4) is 11.3 Å². The summed E-state index contributed by atoms with van der Waals surface area (Å²) >= 11 is 0. The quantitative estimate of drug-likeness (QED) is 0.666. The van der Waals surface area contributed by atoms with Crippen molar-refractivity contribution in [3.63, 3.8) is 0 Å². The predicted octanol–water partition coefficient (Wildman–Crippen LogP) is 4.17. The van der Waals surface area contributed by atoms with Crippen molar-refractivity contribution in [2.24, 2.45) is 0 Å². The molecule has 146 valence electrons. The summed E-state index contributed by atoms with van der Waals surface area (Å²) in [6.07, 6.45) is 6.75. The van der Waals surface area contributed by atoms with Crippen LogP contribution in [0.2, 0.25) is 0 Å². The molecule has 1 aromatic carbocycles. The second-order valence-electron chi connectivity index (χ2n) is 7.20. The molecule has 0 radical (unpaired) electrons. The van der Waals surface area contributed by atoms with Crippen molar-refractivity contribution in [1.82, 2.24) is 14.3 Å². The maximum Gasteiger partial charge on any atom is 0.255 e. The van der Waals surface area contributed by atoms with E-state index in [1.165, 1.54) is 12.1 Å². The summed E-state index contributed by atoms with van der Waals surface area (Å²) < 4.78 is 20.8. The minimum atomic E-state index is -0.275. The van der Waals surface area contributed by atoms with Gasteiger partial charge in [0.1, 0.15) is 11.5 Å². The highest BCUT2D eigenvalue weighted by Crippen LogP contribution is 2.21. The lowest BCUT2D eigenvalue weighted by molar-refractivity contribution is 0.00209. The van der Waals surface area contributed by atoms with Gasteiger partial charge in [-0.1, -0.05) is 6.92 Å². The number of hydrogen-bond donors (Lipinski definition) is 0. The number of carbonyl (C=O) groups excluding carboxylic acids is 1. The first-order chi connectivity index (χ1) is 13.6. The second-order valence-corrected chi connectivity index (χ2v) is 7.20. The highest BCUT2D eigenvalue weighted by atomic mass is 19.1. The van der Waals surface area contributed by atoms with Crippen molar-refractivity contribution in [3.05, 3.63) is 60.2 Å².